The third-order valence-electron chi connectivity index (χ3n) is 3.83. The molecule has 0 aliphatic heterocycles. The van der Waals surface area contributed by atoms with Crippen LogP contribution in [0.25, 0.3) is 0 Å². The van der Waals surface area contributed by atoms with Crippen LogP contribution in [-0.4, -0.2) is 6.54 Å². The molecule has 0 aliphatic rings. The summed E-state index contributed by atoms with van der Waals surface area (Å²) in [6.07, 6.45) is 3.49. The van der Waals surface area contributed by atoms with Gasteiger partial charge in [-0.2, -0.15) is 0 Å². The van der Waals surface area contributed by atoms with Crippen molar-refractivity contribution in [1.82, 2.24) is 5.32 Å². The Labute approximate surface area is 123 Å². The molecule has 1 N–H and O–H groups in total. The van der Waals surface area contributed by atoms with Gasteiger partial charge >= 0.3 is 0 Å². The molecule has 1 unspecified atom stereocenters. The normalized spacial score (nSPS) is 12.3. The van der Waals surface area contributed by atoms with Gasteiger partial charge in [0.25, 0.3) is 0 Å². The van der Waals surface area contributed by atoms with Crippen molar-refractivity contribution in [2.45, 2.75) is 39.2 Å². The molecule has 2 aromatic carbocycles. The SMILES string of the molecule is CCCC(NCCc1ccccc1C)c1ccccc1. The second-order valence-corrected chi connectivity index (χ2v) is 5.38. The van der Waals surface area contributed by atoms with E-state index in [0.29, 0.717) is 6.04 Å². The summed E-state index contributed by atoms with van der Waals surface area (Å²) in [5, 5.41) is 3.71. The number of hydrogen-bond acceptors (Lipinski definition) is 1. The van der Waals surface area contributed by atoms with E-state index in [1.807, 2.05) is 0 Å². The van der Waals surface area contributed by atoms with Crippen molar-refractivity contribution >= 4 is 0 Å². The maximum atomic E-state index is 3.71. The van der Waals surface area contributed by atoms with Crippen molar-refractivity contribution in [3.63, 3.8) is 0 Å². The van der Waals surface area contributed by atoms with Crippen LogP contribution in [0.3, 0.4) is 0 Å². The second-order valence-electron chi connectivity index (χ2n) is 5.38. The maximum Gasteiger partial charge on any atom is 0.0320 e. The highest BCUT2D eigenvalue weighted by atomic mass is 14.9. The topological polar surface area (TPSA) is 12.0 Å². The van der Waals surface area contributed by atoms with Gasteiger partial charge in [0.15, 0.2) is 0 Å². The fourth-order valence-corrected chi connectivity index (χ4v) is 2.63. The molecular formula is C19H25N. The van der Waals surface area contributed by atoms with Gasteiger partial charge in [-0.1, -0.05) is 67.9 Å². The van der Waals surface area contributed by atoms with E-state index in [4.69, 9.17) is 0 Å². The van der Waals surface area contributed by atoms with Gasteiger partial charge in [0.2, 0.25) is 0 Å². The standard InChI is InChI=1S/C19H25N/c1-3-9-19(18-12-5-4-6-13-18)20-15-14-17-11-8-7-10-16(17)2/h4-8,10-13,19-20H,3,9,14-15H2,1-2H3. The molecule has 20 heavy (non-hydrogen) atoms. The Kier molecular flexibility index (Phi) is 5.82. The molecule has 2 rings (SSSR count). The lowest BCUT2D eigenvalue weighted by Gasteiger charge is -2.19. The van der Waals surface area contributed by atoms with Crippen LogP contribution in [0.5, 0.6) is 0 Å². The van der Waals surface area contributed by atoms with Gasteiger partial charge < -0.3 is 5.32 Å². The minimum Gasteiger partial charge on any atom is -0.310 e. The van der Waals surface area contributed by atoms with E-state index < -0.39 is 0 Å². The highest BCUT2D eigenvalue weighted by Crippen LogP contribution is 2.18. The Morgan fingerprint density at radius 2 is 1.65 bits per heavy atom. The molecule has 1 nitrogen and oxygen atoms in total. The third kappa shape index (κ3) is 4.21. The Morgan fingerprint density at radius 3 is 2.35 bits per heavy atom. The number of hydrogen-bond donors (Lipinski definition) is 1. The van der Waals surface area contributed by atoms with Crippen LogP contribution in [0.1, 0.15) is 42.5 Å². The van der Waals surface area contributed by atoms with Gasteiger partial charge in [-0.25, -0.2) is 0 Å². The van der Waals surface area contributed by atoms with E-state index in [1.165, 1.54) is 29.5 Å². The summed E-state index contributed by atoms with van der Waals surface area (Å²) in [6.45, 7) is 5.47. The first kappa shape index (κ1) is 14.8. The van der Waals surface area contributed by atoms with Crippen LogP contribution < -0.4 is 5.32 Å². The van der Waals surface area contributed by atoms with Crippen molar-refractivity contribution in [2.24, 2.45) is 0 Å². The van der Waals surface area contributed by atoms with Crippen LogP contribution >= 0.6 is 0 Å². The lowest BCUT2D eigenvalue weighted by molar-refractivity contribution is 0.497. The van der Waals surface area contributed by atoms with Crippen LogP contribution in [0.4, 0.5) is 0 Å². The lowest BCUT2D eigenvalue weighted by Crippen LogP contribution is -2.23. The Bertz CT molecular complexity index is 504. The van der Waals surface area contributed by atoms with E-state index in [1.54, 1.807) is 0 Å². The maximum absolute atomic E-state index is 3.71. The number of rotatable bonds is 7. The Hall–Kier alpha value is -1.60. The minimum atomic E-state index is 0.477. The van der Waals surface area contributed by atoms with Crippen LogP contribution in [-0.2, 0) is 6.42 Å². The van der Waals surface area contributed by atoms with E-state index in [-0.39, 0.29) is 0 Å². The zero-order chi connectivity index (χ0) is 14.2. The zero-order valence-electron chi connectivity index (χ0n) is 12.6. The van der Waals surface area contributed by atoms with Crippen LogP contribution in [0.15, 0.2) is 54.6 Å². The number of aryl methyl sites for hydroxylation is 1. The predicted octanol–water partition coefficient (Wildman–Crippen LogP) is 4.67. The quantitative estimate of drug-likeness (QED) is 0.768. The summed E-state index contributed by atoms with van der Waals surface area (Å²) in [5.74, 6) is 0. The second kappa shape index (κ2) is 7.86. The Balaban J connectivity index is 1.92. The molecule has 0 spiro atoms. The first-order valence-electron chi connectivity index (χ1n) is 7.64. The molecule has 0 radical (unpaired) electrons. The first-order chi connectivity index (χ1) is 9.81. The monoisotopic (exact) mass is 267 g/mol. The average molecular weight is 267 g/mol. The molecule has 0 saturated heterocycles. The van der Waals surface area contributed by atoms with Crippen molar-refractivity contribution in [2.75, 3.05) is 6.54 Å². The van der Waals surface area contributed by atoms with E-state index in [2.05, 4.69) is 73.8 Å². The van der Waals surface area contributed by atoms with Crippen LogP contribution in [0.2, 0.25) is 0 Å². The molecule has 0 aromatic heterocycles. The molecule has 0 fully saturated rings. The smallest absolute Gasteiger partial charge is 0.0320 e. The first-order valence-corrected chi connectivity index (χ1v) is 7.64. The molecule has 106 valence electrons. The van der Waals surface area contributed by atoms with E-state index in [0.717, 1.165) is 13.0 Å². The average Bonchev–Trinajstić information content (AvgIpc) is 2.49. The van der Waals surface area contributed by atoms with Crippen molar-refractivity contribution in [3.8, 4) is 0 Å². The molecule has 0 bridgehead atoms. The molecular weight excluding hydrogens is 242 g/mol. The summed E-state index contributed by atoms with van der Waals surface area (Å²) < 4.78 is 0. The molecule has 0 aliphatic carbocycles. The fraction of sp³-hybridized carbons (Fsp3) is 0.368. The summed E-state index contributed by atoms with van der Waals surface area (Å²) in [6, 6.07) is 19.9. The van der Waals surface area contributed by atoms with Crippen molar-refractivity contribution < 1.29 is 0 Å². The number of nitrogens with one attached hydrogen (secondary N) is 1. The molecule has 0 heterocycles. The largest absolute Gasteiger partial charge is 0.310 e. The van der Waals surface area contributed by atoms with Gasteiger partial charge in [0.05, 0.1) is 0 Å². The molecule has 2 aromatic rings. The van der Waals surface area contributed by atoms with Gasteiger partial charge in [-0.3, -0.25) is 0 Å². The molecule has 1 atom stereocenters. The number of benzene rings is 2. The lowest BCUT2D eigenvalue weighted by atomic mass is 10.0. The van der Waals surface area contributed by atoms with Gasteiger partial charge in [-0.15, -0.1) is 0 Å². The minimum absolute atomic E-state index is 0.477. The van der Waals surface area contributed by atoms with E-state index >= 15 is 0 Å². The summed E-state index contributed by atoms with van der Waals surface area (Å²) in [5.41, 5.74) is 4.24. The molecule has 1 heteroatoms. The van der Waals surface area contributed by atoms with Crippen LogP contribution in [0, 0.1) is 6.92 Å². The van der Waals surface area contributed by atoms with Crippen molar-refractivity contribution in [3.05, 3.63) is 71.3 Å². The van der Waals surface area contributed by atoms with Gasteiger partial charge in [0, 0.05) is 6.04 Å². The summed E-state index contributed by atoms with van der Waals surface area (Å²) >= 11 is 0. The summed E-state index contributed by atoms with van der Waals surface area (Å²) in [7, 11) is 0. The van der Waals surface area contributed by atoms with E-state index in [9.17, 15) is 0 Å². The predicted molar refractivity (Wildman–Crippen MR) is 87.0 cm³/mol. The zero-order valence-corrected chi connectivity index (χ0v) is 12.6. The van der Waals surface area contributed by atoms with Crippen molar-refractivity contribution in [1.29, 1.82) is 0 Å². The molecule has 0 amide bonds. The van der Waals surface area contributed by atoms with Gasteiger partial charge in [0.1, 0.15) is 0 Å². The Morgan fingerprint density at radius 1 is 0.950 bits per heavy atom. The summed E-state index contributed by atoms with van der Waals surface area (Å²) in [4.78, 5) is 0. The highest BCUT2D eigenvalue weighted by Gasteiger charge is 2.09. The van der Waals surface area contributed by atoms with Gasteiger partial charge in [-0.05, 0) is 43.0 Å². The fourth-order valence-electron chi connectivity index (χ4n) is 2.63. The highest BCUT2D eigenvalue weighted by molar-refractivity contribution is 5.26. The molecule has 0 saturated carbocycles. The third-order valence-corrected chi connectivity index (χ3v) is 3.83.